The second kappa shape index (κ2) is 8.30. The molecule has 0 saturated heterocycles. The Kier molecular flexibility index (Phi) is 5.85. The number of hydrogen-bond donors (Lipinski definition) is 2. The second-order valence-corrected chi connectivity index (χ2v) is 7.44. The third-order valence-electron chi connectivity index (χ3n) is 5.37. The van der Waals surface area contributed by atoms with Gasteiger partial charge in [0.1, 0.15) is 0 Å². The average Bonchev–Trinajstić information content (AvgIpc) is 2.66. The van der Waals surface area contributed by atoms with E-state index >= 15 is 0 Å². The summed E-state index contributed by atoms with van der Waals surface area (Å²) in [5.74, 6) is 0.481. The van der Waals surface area contributed by atoms with Gasteiger partial charge in [-0.25, -0.2) is 0 Å². The quantitative estimate of drug-likeness (QED) is 0.473. The molecule has 3 rings (SSSR count). The maximum Gasteiger partial charge on any atom is 0.0423 e. The summed E-state index contributed by atoms with van der Waals surface area (Å²) in [6.45, 7) is 11.0. The minimum Gasteiger partial charge on any atom is -0.355 e. The van der Waals surface area contributed by atoms with Crippen LogP contribution in [0.25, 0.3) is 0 Å². The van der Waals surface area contributed by atoms with Crippen molar-refractivity contribution in [2.24, 2.45) is 0 Å². The fourth-order valence-corrected chi connectivity index (χ4v) is 3.31. The predicted molar refractivity (Wildman–Crippen MR) is 119 cm³/mol. The zero-order valence-electron chi connectivity index (χ0n) is 17.1. The van der Waals surface area contributed by atoms with Crippen molar-refractivity contribution in [2.75, 3.05) is 10.6 Å². The molecule has 1 unspecified atom stereocenters. The standard InChI is InChI=1S/C25H30N2/c1-6-17(2)21-16-24(26-22-13-9-7-11-18(22)3)20(5)15-25(21)27-23-14-10-8-12-19(23)4/h7-17,26-27H,6H2,1-5H3. The van der Waals surface area contributed by atoms with Gasteiger partial charge in [0.05, 0.1) is 0 Å². The molecule has 0 heterocycles. The van der Waals surface area contributed by atoms with E-state index in [1.54, 1.807) is 0 Å². The third kappa shape index (κ3) is 4.33. The zero-order valence-corrected chi connectivity index (χ0v) is 17.1. The topological polar surface area (TPSA) is 24.1 Å². The summed E-state index contributed by atoms with van der Waals surface area (Å²) in [6, 6.07) is 21.5. The van der Waals surface area contributed by atoms with Crippen LogP contribution in [-0.2, 0) is 0 Å². The van der Waals surface area contributed by atoms with Gasteiger partial charge >= 0.3 is 0 Å². The van der Waals surface area contributed by atoms with Gasteiger partial charge in [-0.1, -0.05) is 50.2 Å². The van der Waals surface area contributed by atoms with Crippen LogP contribution in [0.2, 0.25) is 0 Å². The highest BCUT2D eigenvalue weighted by Crippen LogP contribution is 2.36. The molecule has 0 aliphatic rings. The minimum atomic E-state index is 0.481. The first kappa shape index (κ1) is 19.0. The van der Waals surface area contributed by atoms with Gasteiger partial charge in [0, 0.05) is 22.7 Å². The molecule has 0 bridgehead atoms. The fourth-order valence-electron chi connectivity index (χ4n) is 3.31. The van der Waals surface area contributed by atoms with Crippen molar-refractivity contribution in [1.82, 2.24) is 0 Å². The Bertz CT molecular complexity index is 927. The van der Waals surface area contributed by atoms with E-state index in [1.807, 2.05) is 0 Å². The Labute approximate surface area is 163 Å². The van der Waals surface area contributed by atoms with Crippen molar-refractivity contribution >= 4 is 22.7 Å². The highest BCUT2D eigenvalue weighted by Gasteiger charge is 2.14. The van der Waals surface area contributed by atoms with Crippen LogP contribution in [0.4, 0.5) is 22.7 Å². The van der Waals surface area contributed by atoms with E-state index in [-0.39, 0.29) is 0 Å². The van der Waals surface area contributed by atoms with Crippen molar-refractivity contribution in [2.45, 2.75) is 47.0 Å². The Morgan fingerprint density at radius 2 is 1.19 bits per heavy atom. The highest BCUT2D eigenvalue weighted by molar-refractivity contribution is 5.74. The molecule has 0 amide bonds. The van der Waals surface area contributed by atoms with E-state index in [4.69, 9.17) is 0 Å². The molecule has 3 aromatic rings. The van der Waals surface area contributed by atoms with Gasteiger partial charge in [0.2, 0.25) is 0 Å². The first-order valence-corrected chi connectivity index (χ1v) is 9.79. The number of para-hydroxylation sites is 2. The van der Waals surface area contributed by atoms with Crippen LogP contribution in [0.15, 0.2) is 60.7 Å². The van der Waals surface area contributed by atoms with Crippen LogP contribution in [-0.4, -0.2) is 0 Å². The Hall–Kier alpha value is -2.74. The molecule has 3 aromatic carbocycles. The first-order valence-electron chi connectivity index (χ1n) is 9.79. The number of nitrogens with one attached hydrogen (secondary N) is 2. The summed E-state index contributed by atoms with van der Waals surface area (Å²) in [7, 11) is 0. The largest absolute Gasteiger partial charge is 0.355 e. The van der Waals surface area contributed by atoms with Crippen molar-refractivity contribution in [3.05, 3.63) is 82.9 Å². The van der Waals surface area contributed by atoms with Gasteiger partial charge in [-0.15, -0.1) is 0 Å². The lowest BCUT2D eigenvalue weighted by atomic mass is 9.94. The van der Waals surface area contributed by atoms with Gasteiger partial charge in [-0.2, -0.15) is 0 Å². The SMILES string of the molecule is CCC(C)c1cc(Nc2ccccc2C)c(C)cc1Nc1ccccc1C. The van der Waals surface area contributed by atoms with Gasteiger partial charge < -0.3 is 10.6 Å². The number of hydrogen-bond acceptors (Lipinski definition) is 2. The molecule has 2 nitrogen and oxygen atoms in total. The minimum absolute atomic E-state index is 0.481. The van der Waals surface area contributed by atoms with Crippen molar-refractivity contribution in [3.8, 4) is 0 Å². The Balaban J connectivity index is 2.01. The third-order valence-corrected chi connectivity index (χ3v) is 5.37. The summed E-state index contributed by atoms with van der Waals surface area (Å²) in [5, 5.41) is 7.31. The van der Waals surface area contributed by atoms with E-state index in [1.165, 1.54) is 39.3 Å². The maximum atomic E-state index is 3.67. The van der Waals surface area contributed by atoms with E-state index in [0.29, 0.717) is 5.92 Å². The maximum absolute atomic E-state index is 3.67. The molecule has 0 aliphatic heterocycles. The van der Waals surface area contributed by atoms with E-state index < -0.39 is 0 Å². The molecule has 0 aromatic heterocycles. The molecule has 2 heteroatoms. The lowest BCUT2D eigenvalue weighted by molar-refractivity contribution is 0.735. The lowest BCUT2D eigenvalue weighted by Crippen LogP contribution is -2.04. The molecule has 0 spiro atoms. The smallest absolute Gasteiger partial charge is 0.0423 e. The number of rotatable bonds is 6. The Morgan fingerprint density at radius 1 is 0.667 bits per heavy atom. The van der Waals surface area contributed by atoms with Crippen molar-refractivity contribution < 1.29 is 0 Å². The van der Waals surface area contributed by atoms with Crippen LogP contribution in [0, 0.1) is 20.8 Å². The van der Waals surface area contributed by atoms with E-state index in [2.05, 4.69) is 106 Å². The Morgan fingerprint density at radius 3 is 1.70 bits per heavy atom. The zero-order chi connectivity index (χ0) is 19.4. The molecule has 140 valence electrons. The monoisotopic (exact) mass is 358 g/mol. The summed E-state index contributed by atoms with van der Waals surface area (Å²) >= 11 is 0. The van der Waals surface area contributed by atoms with Crippen LogP contribution in [0.3, 0.4) is 0 Å². The molecule has 0 saturated carbocycles. The van der Waals surface area contributed by atoms with Crippen LogP contribution >= 0.6 is 0 Å². The number of benzene rings is 3. The van der Waals surface area contributed by atoms with Crippen LogP contribution in [0.5, 0.6) is 0 Å². The predicted octanol–water partition coefficient (Wildman–Crippen LogP) is 7.61. The van der Waals surface area contributed by atoms with Gasteiger partial charge in [0.15, 0.2) is 0 Å². The normalized spacial score (nSPS) is 11.9. The summed E-state index contributed by atoms with van der Waals surface area (Å²) in [4.78, 5) is 0. The van der Waals surface area contributed by atoms with Crippen molar-refractivity contribution in [1.29, 1.82) is 0 Å². The molecular formula is C25H30N2. The number of anilines is 4. The van der Waals surface area contributed by atoms with E-state index in [9.17, 15) is 0 Å². The second-order valence-electron chi connectivity index (χ2n) is 7.44. The van der Waals surface area contributed by atoms with Crippen LogP contribution in [0.1, 0.15) is 48.4 Å². The summed E-state index contributed by atoms with van der Waals surface area (Å²) < 4.78 is 0. The molecule has 2 N–H and O–H groups in total. The molecule has 0 radical (unpaired) electrons. The number of aryl methyl sites for hydroxylation is 3. The average molecular weight is 359 g/mol. The van der Waals surface area contributed by atoms with Gasteiger partial charge in [0.25, 0.3) is 0 Å². The molecule has 0 fully saturated rings. The van der Waals surface area contributed by atoms with Crippen LogP contribution < -0.4 is 10.6 Å². The molecule has 1 atom stereocenters. The molecule has 27 heavy (non-hydrogen) atoms. The summed E-state index contributed by atoms with van der Waals surface area (Å²) in [5.41, 5.74) is 9.80. The summed E-state index contributed by atoms with van der Waals surface area (Å²) in [6.07, 6.45) is 1.11. The lowest BCUT2D eigenvalue weighted by Gasteiger charge is -2.21. The molecule has 0 aliphatic carbocycles. The first-order chi connectivity index (χ1) is 13.0. The van der Waals surface area contributed by atoms with Gasteiger partial charge in [-0.05, 0) is 79.6 Å². The van der Waals surface area contributed by atoms with Gasteiger partial charge in [-0.3, -0.25) is 0 Å². The van der Waals surface area contributed by atoms with Crippen molar-refractivity contribution in [3.63, 3.8) is 0 Å². The fraction of sp³-hybridized carbons (Fsp3) is 0.280. The molecular weight excluding hydrogens is 328 g/mol. The highest BCUT2D eigenvalue weighted by atomic mass is 14.9. The van der Waals surface area contributed by atoms with E-state index in [0.717, 1.165) is 12.1 Å².